The van der Waals surface area contributed by atoms with E-state index in [-0.39, 0.29) is 6.04 Å². The number of nitrogens with one attached hydrogen (secondary N) is 2. The first-order valence-electron chi connectivity index (χ1n) is 10.8. The Morgan fingerprint density at radius 2 is 1.80 bits per heavy atom. The SMILES string of the molecule is CCNC(=NCC(c1ccccc1)N1CCOCC1)NCCc1ccccc1OC. The molecule has 0 aliphatic carbocycles. The number of hydrogen-bond donors (Lipinski definition) is 2. The molecule has 162 valence electrons. The average Bonchev–Trinajstić information content (AvgIpc) is 2.81. The number of nitrogens with zero attached hydrogens (tertiary/aromatic N) is 2. The van der Waals surface area contributed by atoms with Crippen molar-refractivity contribution in [1.82, 2.24) is 15.5 Å². The van der Waals surface area contributed by atoms with Gasteiger partial charge in [-0.25, -0.2) is 0 Å². The second-order valence-corrected chi connectivity index (χ2v) is 7.28. The Labute approximate surface area is 180 Å². The molecule has 1 aliphatic heterocycles. The molecule has 2 N–H and O–H groups in total. The van der Waals surface area contributed by atoms with Gasteiger partial charge in [-0.2, -0.15) is 0 Å². The van der Waals surface area contributed by atoms with Gasteiger partial charge in [-0.1, -0.05) is 48.5 Å². The summed E-state index contributed by atoms with van der Waals surface area (Å²) in [4.78, 5) is 7.39. The number of rotatable bonds is 9. The van der Waals surface area contributed by atoms with Crippen molar-refractivity contribution in [3.05, 3.63) is 65.7 Å². The summed E-state index contributed by atoms with van der Waals surface area (Å²) in [5.41, 5.74) is 2.49. The van der Waals surface area contributed by atoms with Crippen LogP contribution in [0.2, 0.25) is 0 Å². The van der Waals surface area contributed by atoms with Gasteiger partial charge in [-0.05, 0) is 30.5 Å². The molecular weight excluding hydrogens is 376 g/mol. The van der Waals surface area contributed by atoms with Crippen LogP contribution in [0.3, 0.4) is 0 Å². The summed E-state index contributed by atoms with van der Waals surface area (Å²) in [6.45, 7) is 7.85. The third-order valence-corrected chi connectivity index (χ3v) is 5.32. The Kier molecular flexibility index (Phi) is 9.00. The van der Waals surface area contributed by atoms with Gasteiger partial charge in [0, 0.05) is 26.2 Å². The van der Waals surface area contributed by atoms with Crippen molar-refractivity contribution in [3.63, 3.8) is 0 Å². The van der Waals surface area contributed by atoms with Crippen LogP contribution < -0.4 is 15.4 Å². The van der Waals surface area contributed by atoms with Gasteiger partial charge in [-0.3, -0.25) is 9.89 Å². The van der Waals surface area contributed by atoms with Crippen molar-refractivity contribution in [2.24, 2.45) is 4.99 Å². The first-order chi connectivity index (χ1) is 14.8. The van der Waals surface area contributed by atoms with Gasteiger partial charge in [0.25, 0.3) is 0 Å². The minimum absolute atomic E-state index is 0.250. The highest BCUT2D eigenvalue weighted by Gasteiger charge is 2.22. The molecule has 2 aromatic carbocycles. The van der Waals surface area contributed by atoms with Crippen LogP contribution in [0, 0.1) is 0 Å². The number of benzene rings is 2. The predicted molar refractivity (Wildman–Crippen MR) is 122 cm³/mol. The van der Waals surface area contributed by atoms with Gasteiger partial charge < -0.3 is 20.1 Å². The van der Waals surface area contributed by atoms with Gasteiger partial charge in [0.15, 0.2) is 5.96 Å². The lowest BCUT2D eigenvalue weighted by Gasteiger charge is -2.34. The molecule has 1 saturated heterocycles. The molecule has 0 bridgehead atoms. The number of ether oxygens (including phenoxy) is 2. The Balaban J connectivity index is 1.64. The minimum Gasteiger partial charge on any atom is -0.496 e. The van der Waals surface area contributed by atoms with Crippen LogP contribution in [-0.4, -0.2) is 63.9 Å². The molecule has 0 saturated carbocycles. The summed E-state index contributed by atoms with van der Waals surface area (Å²) < 4.78 is 11.0. The smallest absolute Gasteiger partial charge is 0.191 e. The van der Waals surface area contributed by atoms with Gasteiger partial charge in [-0.15, -0.1) is 0 Å². The summed E-state index contributed by atoms with van der Waals surface area (Å²) >= 11 is 0. The summed E-state index contributed by atoms with van der Waals surface area (Å²) in [6.07, 6.45) is 0.875. The molecule has 3 rings (SSSR count). The maximum atomic E-state index is 5.55. The lowest BCUT2D eigenvalue weighted by molar-refractivity contribution is 0.0180. The Morgan fingerprint density at radius 3 is 2.53 bits per heavy atom. The number of methoxy groups -OCH3 is 1. The van der Waals surface area contributed by atoms with Gasteiger partial charge in [0.05, 0.1) is 32.9 Å². The van der Waals surface area contributed by atoms with E-state index >= 15 is 0 Å². The van der Waals surface area contributed by atoms with Crippen LogP contribution in [0.25, 0.3) is 0 Å². The number of morpholine rings is 1. The highest BCUT2D eigenvalue weighted by Crippen LogP contribution is 2.22. The fourth-order valence-electron chi connectivity index (χ4n) is 3.74. The summed E-state index contributed by atoms with van der Waals surface area (Å²) in [7, 11) is 1.72. The summed E-state index contributed by atoms with van der Waals surface area (Å²) in [5.74, 6) is 1.78. The van der Waals surface area contributed by atoms with E-state index in [1.165, 1.54) is 11.1 Å². The number of para-hydroxylation sites is 1. The lowest BCUT2D eigenvalue weighted by Crippen LogP contribution is -2.42. The minimum atomic E-state index is 0.250. The van der Waals surface area contributed by atoms with Gasteiger partial charge >= 0.3 is 0 Å². The van der Waals surface area contributed by atoms with Crippen LogP contribution in [0.4, 0.5) is 0 Å². The normalized spacial score (nSPS) is 16.1. The lowest BCUT2D eigenvalue weighted by atomic mass is 10.1. The van der Waals surface area contributed by atoms with Gasteiger partial charge in [0.1, 0.15) is 5.75 Å². The third-order valence-electron chi connectivity index (χ3n) is 5.32. The quantitative estimate of drug-likeness (QED) is 0.492. The molecule has 1 fully saturated rings. The average molecular weight is 411 g/mol. The third kappa shape index (κ3) is 6.47. The van der Waals surface area contributed by atoms with Gasteiger partial charge in [0.2, 0.25) is 0 Å². The fourth-order valence-corrected chi connectivity index (χ4v) is 3.74. The standard InChI is InChI=1S/C24H34N4O2/c1-3-25-24(26-14-13-21-11-7-8-12-23(21)29-2)27-19-22(20-9-5-4-6-10-20)28-15-17-30-18-16-28/h4-12,22H,3,13-19H2,1-2H3,(H2,25,26,27). The van der Waals surface area contributed by atoms with E-state index in [0.29, 0.717) is 6.54 Å². The van der Waals surface area contributed by atoms with E-state index in [2.05, 4.69) is 58.9 Å². The fraction of sp³-hybridized carbons (Fsp3) is 0.458. The predicted octanol–water partition coefficient (Wildman–Crippen LogP) is 2.87. The molecule has 0 radical (unpaired) electrons. The Hall–Kier alpha value is -2.57. The molecule has 30 heavy (non-hydrogen) atoms. The molecule has 1 unspecified atom stereocenters. The van der Waals surface area contributed by atoms with Crippen molar-refractivity contribution in [2.75, 3.05) is 53.0 Å². The maximum absolute atomic E-state index is 5.55. The van der Waals surface area contributed by atoms with E-state index in [9.17, 15) is 0 Å². The molecule has 6 nitrogen and oxygen atoms in total. The van der Waals surface area contributed by atoms with Crippen LogP contribution in [0.1, 0.15) is 24.1 Å². The first kappa shape index (κ1) is 22.1. The zero-order valence-electron chi connectivity index (χ0n) is 18.1. The monoisotopic (exact) mass is 410 g/mol. The van der Waals surface area contributed by atoms with E-state index in [1.54, 1.807) is 7.11 Å². The molecule has 0 spiro atoms. The second kappa shape index (κ2) is 12.2. The Morgan fingerprint density at radius 1 is 1.07 bits per heavy atom. The molecule has 6 heteroatoms. The van der Waals surface area contributed by atoms with Crippen molar-refractivity contribution < 1.29 is 9.47 Å². The van der Waals surface area contributed by atoms with E-state index < -0.39 is 0 Å². The molecule has 2 aromatic rings. The maximum Gasteiger partial charge on any atom is 0.191 e. The van der Waals surface area contributed by atoms with Crippen LogP contribution >= 0.6 is 0 Å². The zero-order chi connectivity index (χ0) is 21.0. The molecular formula is C24H34N4O2. The van der Waals surface area contributed by atoms with Crippen molar-refractivity contribution >= 4 is 5.96 Å². The largest absolute Gasteiger partial charge is 0.496 e. The zero-order valence-corrected chi connectivity index (χ0v) is 18.1. The molecule has 0 amide bonds. The van der Waals surface area contributed by atoms with E-state index in [4.69, 9.17) is 14.5 Å². The topological polar surface area (TPSA) is 58.1 Å². The number of hydrogen-bond acceptors (Lipinski definition) is 4. The van der Waals surface area contributed by atoms with E-state index in [1.807, 2.05) is 18.2 Å². The molecule has 1 aliphatic rings. The molecule has 0 aromatic heterocycles. The van der Waals surface area contributed by atoms with Crippen molar-refractivity contribution in [1.29, 1.82) is 0 Å². The Bertz CT molecular complexity index is 776. The molecule has 1 atom stereocenters. The van der Waals surface area contributed by atoms with Crippen LogP contribution in [-0.2, 0) is 11.2 Å². The highest BCUT2D eigenvalue weighted by molar-refractivity contribution is 5.79. The van der Waals surface area contributed by atoms with E-state index in [0.717, 1.165) is 57.5 Å². The first-order valence-corrected chi connectivity index (χ1v) is 10.8. The number of guanidine groups is 1. The van der Waals surface area contributed by atoms with Crippen LogP contribution in [0.5, 0.6) is 5.75 Å². The second-order valence-electron chi connectivity index (χ2n) is 7.28. The van der Waals surface area contributed by atoms with Crippen molar-refractivity contribution in [3.8, 4) is 5.75 Å². The highest BCUT2D eigenvalue weighted by atomic mass is 16.5. The summed E-state index contributed by atoms with van der Waals surface area (Å²) in [6, 6.07) is 19.0. The van der Waals surface area contributed by atoms with Crippen molar-refractivity contribution in [2.45, 2.75) is 19.4 Å². The van der Waals surface area contributed by atoms with Crippen LogP contribution in [0.15, 0.2) is 59.6 Å². The summed E-state index contributed by atoms with van der Waals surface area (Å²) in [5, 5.41) is 6.84. The number of aliphatic imine (C=N–C) groups is 1. The molecule has 1 heterocycles.